The summed E-state index contributed by atoms with van der Waals surface area (Å²) in [7, 11) is 0. The normalized spacial score (nSPS) is 33.5. The maximum absolute atomic E-state index is 12.4. The monoisotopic (exact) mass is 512 g/mol. The lowest BCUT2D eigenvalue weighted by Crippen LogP contribution is -2.58. The molecule has 9 heteroatoms. The predicted octanol–water partition coefficient (Wildman–Crippen LogP) is 3.28. The van der Waals surface area contributed by atoms with Gasteiger partial charge in [-0.3, -0.25) is 9.59 Å². The third-order valence-corrected chi connectivity index (χ3v) is 6.81. The Labute approximate surface area is 215 Å². The van der Waals surface area contributed by atoms with Crippen molar-refractivity contribution in [2.45, 2.75) is 89.1 Å². The number of ether oxygens (including phenoxy) is 7. The fourth-order valence-corrected chi connectivity index (χ4v) is 5.44. The van der Waals surface area contributed by atoms with Gasteiger partial charge in [-0.1, -0.05) is 60.7 Å². The Balaban J connectivity index is 1.55. The molecule has 5 rings (SSSR count). The molecule has 1 saturated carbocycles. The van der Waals surface area contributed by atoms with E-state index in [1.165, 1.54) is 13.8 Å². The topological polar surface area (TPSA) is 98.8 Å². The van der Waals surface area contributed by atoms with Gasteiger partial charge in [0, 0.05) is 13.8 Å². The van der Waals surface area contributed by atoms with E-state index in [0.29, 0.717) is 0 Å². The summed E-state index contributed by atoms with van der Waals surface area (Å²) in [5.74, 6) is -2.08. The number of carbonyl (C=O) groups excluding carboxylic acids is 2. The maximum atomic E-state index is 12.4. The van der Waals surface area contributed by atoms with Crippen molar-refractivity contribution in [2.24, 2.45) is 0 Å². The molecule has 2 aliphatic heterocycles. The number of esters is 2. The van der Waals surface area contributed by atoms with Crippen LogP contribution in [0.4, 0.5) is 0 Å². The lowest BCUT2D eigenvalue weighted by atomic mass is 9.91. The second-order valence-corrected chi connectivity index (χ2v) is 9.97. The minimum Gasteiger partial charge on any atom is -0.456 e. The van der Waals surface area contributed by atoms with Gasteiger partial charge in [0.25, 0.3) is 0 Å². The molecule has 7 atom stereocenters. The maximum Gasteiger partial charge on any atom is 0.303 e. The summed E-state index contributed by atoms with van der Waals surface area (Å²) in [6.45, 7) is 6.53. The molecule has 0 spiro atoms. The van der Waals surface area contributed by atoms with Gasteiger partial charge in [0.2, 0.25) is 0 Å². The minimum atomic E-state index is -1.37. The Bertz CT molecular complexity index is 1110. The van der Waals surface area contributed by atoms with Crippen molar-refractivity contribution in [3.63, 3.8) is 0 Å². The van der Waals surface area contributed by atoms with Gasteiger partial charge >= 0.3 is 11.9 Å². The Morgan fingerprint density at radius 3 is 1.97 bits per heavy atom. The second-order valence-electron chi connectivity index (χ2n) is 9.97. The fraction of sp³-hybridized carbons (Fsp3) is 0.500. The van der Waals surface area contributed by atoms with Gasteiger partial charge in [0.05, 0.1) is 13.2 Å². The second kappa shape index (κ2) is 10.2. The van der Waals surface area contributed by atoms with Crippen molar-refractivity contribution in [1.82, 2.24) is 0 Å². The van der Waals surface area contributed by atoms with E-state index in [1.54, 1.807) is 13.8 Å². The first-order valence-corrected chi connectivity index (χ1v) is 12.4. The molecule has 37 heavy (non-hydrogen) atoms. The molecule has 0 amide bonds. The van der Waals surface area contributed by atoms with Crippen LogP contribution in [0.1, 0.15) is 38.8 Å². The van der Waals surface area contributed by atoms with Gasteiger partial charge in [-0.2, -0.15) is 0 Å². The molecule has 2 heterocycles. The molecular formula is C28H32O9. The molecule has 9 nitrogen and oxygen atoms in total. The van der Waals surface area contributed by atoms with E-state index in [-0.39, 0.29) is 13.2 Å². The predicted molar refractivity (Wildman–Crippen MR) is 129 cm³/mol. The first-order valence-electron chi connectivity index (χ1n) is 12.4. The van der Waals surface area contributed by atoms with Gasteiger partial charge in [-0.05, 0) is 25.0 Å². The third-order valence-electron chi connectivity index (χ3n) is 6.81. The Morgan fingerprint density at radius 1 is 0.784 bits per heavy atom. The van der Waals surface area contributed by atoms with Gasteiger partial charge < -0.3 is 33.2 Å². The highest BCUT2D eigenvalue weighted by Gasteiger charge is 2.78. The summed E-state index contributed by atoms with van der Waals surface area (Å²) in [5.41, 5.74) is 0.445. The van der Waals surface area contributed by atoms with Crippen molar-refractivity contribution < 1.29 is 42.7 Å². The van der Waals surface area contributed by atoms with Crippen molar-refractivity contribution in [3.05, 3.63) is 71.8 Å². The van der Waals surface area contributed by atoms with Crippen LogP contribution in [-0.4, -0.2) is 60.1 Å². The Hall–Kier alpha value is -2.82. The zero-order chi connectivity index (χ0) is 26.2. The molecule has 198 valence electrons. The Morgan fingerprint density at radius 2 is 1.38 bits per heavy atom. The number of rotatable bonds is 8. The van der Waals surface area contributed by atoms with E-state index >= 15 is 0 Å². The summed E-state index contributed by atoms with van der Waals surface area (Å²) in [5, 5.41) is 0. The number of carbonyl (C=O) groups is 2. The van der Waals surface area contributed by atoms with Crippen molar-refractivity contribution in [3.8, 4) is 0 Å². The van der Waals surface area contributed by atoms with Crippen molar-refractivity contribution in [2.75, 3.05) is 0 Å². The minimum absolute atomic E-state index is 0.170. The quantitative estimate of drug-likeness (QED) is 0.494. The van der Waals surface area contributed by atoms with Crippen LogP contribution in [0.15, 0.2) is 60.7 Å². The molecule has 1 aliphatic carbocycles. The molecule has 3 fully saturated rings. The summed E-state index contributed by atoms with van der Waals surface area (Å²) in [6, 6.07) is 19.2. The van der Waals surface area contributed by atoms with Gasteiger partial charge in [-0.25, -0.2) is 0 Å². The lowest BCUT2D eigenvalue weighted by Gasteiger charge is -2.38. The van der Waals surface area contributed by atoms with Crippen LogP contribution in [0.2, 0.25) is 0 Å². The largest absolute Gasteiger partial charge is 0.456 e. The summed E-state index contributed by atoms with van der Waals surface area (Å²) in [6.07, 6.45) is -5.29. The average molecular weight is 513 g/mol. The molecule has 2 saturated heterocycles. The molecule has 0 unspecified atom stereocenters. The standard InChI is InChI=1S/C28H32O9/c1-17(29)33-22-21(31-15-19-11-7-5-8-12-19)23-28(24(22)34-18(2)30,32-16-20-13-9-6-10-14-20)25-26(35-23)37-27(3,4)36-25/h5-14,21-26H,15-16H2,1-4H3/t21-,22+,23-,24+,25+,26-,28+/m1/s1. The fourth-order valence-electron chi connectivity index (χ4n) is 5.44. The molecule has 0 bridgehead atoms. The number of hydrogen-bond donors (Lipinski definition) is 0. The number of benzene rings is 2. The zero-order valence-electron chi connectivity index (χ0n) is 21.3. The van der Waals surface area contributed by atoms with E-state index in [0.717, 1.165) is 11.1 Å². The summed E-state index contributed by atoms with van der Waals surface area (Å²) >= 11 is 0. The summed E-state index contributed by atoms with van der Waals surface area (Å²) < 4.78 is 43.3. The molecule has 0 aromatic heterocycles. The van der Waals surface area contributed by atoms with Crippen LogP contribution in [0.25, 0.3) is 0 Å². The summed E-state index contributed by atoms with van der Waals surface area (Å²) in [4.78, 5) is 24.6. The highest BCUT2D eigenvalue weighted by Crippen LogP contribution is 2.55. The van der Waals surface area contributed by atoms with Gasteiger partial charge in [0.1, 0.15) is 18.3 Å². The first kappa shape index (κ1) is 25.8. The molecule has 0 radical (unpaired) electrons. The van der Waals surface area contributed by atoms with Crippen molar-refractivity contribution >= 4 is 11.9 Å². The SMILES string of the molecule is CC(=O)O[C@H]1[C@@H](OCc2ccccc2)[C@H]2O[C@@H]3OC(C)(C)O[C@@H]3[C@@]2(OCc2ccccc2)[C@H]1OC(C)=O. The van der Waals surface area contributed by atoms with Crippen LogP contribution < -0.4 is 0 Å². The molecular weight excluding hydrogens is 480 g/mol. The van der Waals surface area contributed by atoms with E-state index < -0.39 is 60.1 Å². The zero-order valence-corrected chi connectivity index (χ0v) is 21.3. The third kappa shape index (κ3) is 5.02. The van der Waals surface area contributed by atoms with Gasteiger partial charge in [0.15, 0.2) is 29.9 Å². The lowest BCUT2D eigenvalue weighted by molar-refractivity contribution is -0.254. The first-order chi connectivity index (χ1) is 17.7. The Kier molecular flexibility index (Phi) is 7.08. The van der Waals surface area contributed by atoms with Crippen LogP contribution in [-0.2, 0) is 56.0 Å². The van der Waals surface area contributed by atoms with E-state index in [1.807, 2.05) is 60.7 Å². The number of fused-ring (bicyclic) bond motifs is 3. The molecule has 2 aromatic carbocycles. The van der Waals surface area contributed by atoms with Crippen LogP contribution in [0.3, 0.4) is 0 Å². The van der Waals surface area contributed by atoms with E-state index in [4.69, 9.17) is 33.2 Å². The van der Waals surface area contributed by atoms with Crippen LogP contribution in [0, 0.1) is 0 Å². The highest BCUT2D eigenvalue weighted by atomic mass is 16.9. The molecule has 3 aliphatic rings. The molecule has 0 N–H and O–H groups in total. The number of hydrogen-bond acceptors (Lipinski definition) is 9. The van der Waals surface area contributed by atoms with E-state index in [2.05, 4.69) is 0 Å². The molecule has 2 aromatic rings. The van der Waals surface area contributed by atoms with E-state index in [9.17, 15) is 9.59 Å². The smallest absolute Gasteiger partial charge is 0.303 e. The van der Waals surface area contributed by atoms with Gasteiger partial charge in [-0.15, -0.1) is 0 Å². The van der Waals surface area contributed by atoms with Crippen LogP contribution >= 0.6 is 0 Å². The average Bonchev–Trinajstić information content (AvgIpc) is 3.39. The highest BCUT2D eigenvalue weighted by molar-refractivity contribution is 5.68. The van der Waals surface area contributed by atoms with Crippen molar-refractivity contribution in [1.29, 1.82) is 0 Å². The van der Waals surface area contributed by atoms with Crippen LogP contribution in [0.5, 0.6) is 0 Å².